The normalized spacial score (nSPS) is 39.7. The van der Waals surface area contributed by atoms with E-state index in [9.17, 15) is 9.59 Å². The highest BCUT2D eigenvalue weighted by Gasteiger charge is 2.60. The third-order valence-corrected chi connectivity index (χ3v) is 4.38. The summed E-state index contributed by atoms with van der Waals surface area (Å²) in [5, 5.41) is 0. The summed E-state index contributed by atoms with van der Waals surface area (Å²) < 4.78 is 16.9. The molecular weight excluding hydrogens is 248 g/mol. The smallest absolute Gasteiger partial charge is 0.303 e. The zero-order valence-electron chi connectivity index (χ0n) is 12.2. The number of ether oxygens (including phenoxy) is 3. The predicted molar refractivity (Wildman–Crippen MR) is 67.4 cm³/mol. The minimum Gasteiger partial charge on any atom is -0.458 e. The van der Waals surface area contributed by atoms with Gasteiger partial charge in [-0.3, -0.25) is 9.59 Å². The molecule has 108 valence electrons. The Morgan fingerprint density at radius 1 is 1.11 bits per heavy atom. The van der Waals surface area contributed by atoms with Gasteiger partial charge in [0.2, 0.25) is 0 Å². The first-order valence-electron chi connectivity index (χ1n) is 6.70. The number of carbonyl (C=O) groups excluding carboxylic acids is 2. The van der Waals surface area contributed by atoms with E-state index in [1.807, 2.05) is 13.8 Å². The fraction of sp³-hybridized carbons (Fsp3) is 0.857. The molecule has 1 saturated carbocycles. The lowest BCUT2D eigenvalue weighted by Gasteiger charge is -2.42. The van der Waals surface area contributed by atoms with Gasteiger partial charge in [-0.05, 0) is 39.5 Å². The number of esters is 2. The van der Waals surface area contributed by atoms with Crippen LogP contribution < -0.4 is 0 Å². The third kappa shape index (κ3) is 2.48. The van der Waals surface area contributed by atoms with E-state index in [1.165, 1.54) is 13.8 Å². The Hall–Kier alpha value is -1.10. The minimum atomic E-state index is -0.901. The van der Waals surface area contributed by atoms with E-state index in [1.54, 1.807) is 6.92 Å². The molecule has 0 amide bonds. The van der Waals surface area contributed by atoms with E-state index in [0.29, 0.717) is 12.3 Å². The van der Waals surface area contributed by atoms with Crippen molar-refractivity contribution in [2.45, 2.75) is 70.9 Å². The van der Waals surface area contributed by atoms with Gasteiger partial charge in [0.15, 0.2) is 5.60 Å². The summed E-state index contributed by atoms with van der Waals surface area (Å²) in [6.45, 7) is 8.59. The summed E-state index contributed by atoms with van der Waals surface area (Å²) in [6.07, 6.45) is 0.815. The van der Waals surface area contributed by atoms with Crippen LogP contribution in [0, 0.1) is 5.92 Å². The lowest BCUT2D eigenvalue weighted by molar-refractivity contribution is -0.207. The maximum absolute atomic E-state index is 11.4. The number of hydrogen-bond acceptors (Lipinski definition) is 5. The zero-order valence-corrected chi connectivity index (χ0v) is 12.2. The quantitative estimate of drug-likeness (QED) is 0.716. The largest absolute Gasteiger partial charge is 0.458 e. The molecular formula is C14H22O5. The van der Waals surface area contributed by atoms with Crippen LogP contribution >= 0.6 is 0 Å². The fourth-order valence-corrected chi connectivity index (χ4v) is 3.29. The molecule has 5 heteroatoms. The van der Waals surface area contributed by atoms with Crippen molar-refractivity contribution in [3.63, 3.8) is 0 Å². The standard InChI is InChI=1S/C14H22O5/c1-8(15)17-11-6-10-7-12(19-13(10,3)4)14(11,5)18-9(2)16/h10-12H,6-7H2,1-5H3/t10?,11?,12?,14-/m1/s1. The van der Waals surface area contributed by atoms with Crippen LogP contribution in [-0.4, -0.2) is 35.3 Å². The van der Waals surface area contributed by atoms with Crippen molar-refractivity contribution in [3.8, 4) is 0 Å². The fourth-order valence-electron chi connectivity index (χ4n) is 3.29. The van der Waals surface area contributed by atoms with Gasteiger partial charge < -0.3 is 14.2 Å². The number of carbonyl (C=O) groups is 2. The first kappa shape index (κ1) is 14.3. The van der Waals surface area contributed by atoms with Gasteiger partial charge in [0.1, 0.15) is 12.2 Å². The molecule has 2 aliphatic rings. The van der Waals surface area contributed by atoms with Crippen LogP contribution in [0.3, 0.4) is 0 Å². The van der Waals surface area contributed by atoms with E-state index in [-0.39, 0.29) is 23.6 Å². The Labute approximate surface area is 113 Å². The number of rotatable bonds is 2. The van der Waals surface area contributed by atoms with Gasteiger partial charge in [-0.1, -0.05) is 0 Å². The van der Waals surface area contributed by atoms with Crippen LogP contribution in [0.1, 0.15) is 47.5 Å². The van der Waals surface area contributed by atoms with Gasteiger partial charge >= 0.3 is 11.9 Å². The van der Waals surface area contributed by atoms with Crippen molar-refractivity contribution in [2.24, 2.45) is 5.92 Å². The highest BCUT2D eigenvalue weighted by Crippen LogP contribution is 2.50. The summed E-state index contributed by atoms with van der Waals surface area (Å²) in [7, 11) is 0. The zero-order chi connectivity index (χ0) is 14.4. The van der Waals surface area contributed by atoms with Gasteiger partial charge in [-0.25, -0.2) is 0 Å². The topological polar surface area (TPSA) is 61.8 Å². The summed E-state index contributed by atoms with van der Waals surface area (Å²) >= 11 is 0. The minimum absolute atomic E-state index is 0.227. The molecule has 2 fully saturated rings. The lowest BCUT2D eigenvalue weighted by Crippen LogP contribution is -2.56. The van der Waals surface area contributed by atoms with Crippen LogP contribution in [-0.2, 0) is 23.8 Å². The Kier molecular flexibility index (Phi) is 3.37. The molecule has 0 aromatic heterocycles. The highest BCUT2D eigenvalue weighted by molar-refractivity contribution is 5.68. The molecule has 3 unspecified atom stereocenters. The van der Waals surface area contributed by atoms with Gasteiger partial charge in [0.25, 0.3) is 0 Å². The van der Waals surface area contributed by atoms with E-state index in [4.69, 9.17) is 14.2 Å². The summed E-state index contributed by atoms with van der Waals surface area (Å²) in [5.74, 6) is -0.431. The molecule has 0 spiro atoms. The second kappa shape index (κ2) is 4.47. The molecule has 1 aliphatic carbocycles. The van der Waals surface area contributed by atoms with E-state index in [2.05, 4.69) is 0 Å². The predicted octanol–water partition coefficient (Wildman–Crippen LogP) is 1.83. The van der Waals surface area contributed by atoms with Crippen molar-refractivity contribution < 1.29 is 23.8 Å². The van der Waals surface area contributed by atoms with Crippen molar-refractivity contribution in [2.75, 3.05) is 0 Å². The molecule has 5 nitrogen and oxygen atoms in total. The lowest BCUT2D eigenvalue weighted by atomic mass is 9.73. The van der Waals surface area contributed by atoms with Crippen molar-refractivity contribution in [1.29, 1.82) is 0 Å². The van der Waals surface area contributed by atoms with Gasteiger partial charge in [0.05, 0.1) is 5.60 Å². The molecule has 1 heterocycles. The van der Waals surface area contributed by atoms with E-state index >= 15 is 0 Å². The molecule has 2 bridgehead atoms. The van der Waals surface area contributed by atoms with Gasteiger partial charge in [-0.15, -0.1) is 0 Å². The molecule has 1 aliphatic heterocycles. The monoisotopic (exact) mass is 270 g/mol. The molecule has 0 aromatic carbocycles. The van der Waals surface area contributed by atoms with E-state index in [0.717, 1.165) is 6.42 Å². The van der Waals surface area contributed by atoms with Crippen molar-refractivity contribution in [3.05, 3.63) is 0 Å². The number of fused-ring (bicyclic) bond motifs is 2. The Balaban J connectivity index is 2.30. The first-order valence-corrected chi connectivity index (χ1v) is 6.70. The van der Waals surface area contributed by atoms with Gasteiger partial charge in [-0.2, -0.15) is 0 Å². The molecule has 0 N–H and O–H groups in total. The van der Waals surface area contributed by atoms with Crippen LogP contribution in [0.2, 0.25) is 0 Å². The maximum Gasteiger partial charge on any atom is 0.303 e. The van der Waals surface area contributed by atoms with Crippen molar-refractivity contribution >= 4 is 11.9 Å². The van der Waals surface area contributed by atoms with Crippen LogP contribution in [0.15, 0.2) is 0 Å². The molecule has 4 atom stereocenters. The summed E-state index contributed by atoms with van der Waals surface area (Å²) in [5.41, 5.74) is -1.18. The summed E-state index contributed by atoms with van der Waals surface area (Å²) in [4.78, 5) is 22.6. The van der Waals surface area contributed by atoms with Crippen LogP contribution in [0.5, 0.6) is 0 Å². The molecule has 2 rings (SSSR count). The Bertz CT molecular complexity index is 403. The van der Waals surface area contributed by atoms with Crippen LogP contribution in [0.25, 0.3) is 0 Å². The molecule has 0 radical (unpaired) electrons. The second-order valence-corrected chi connectivity index (χ2v) is 6.25. The number of hydrogen-bond donors (Lipinski definition) is 0. The third-order valence-electron chi connectivity index (χ3n) is 4.38. The summed E-state index contributed by atoms with van der Waals surface area (Å²) in [6, 6.07) is 0. The van der Waals surface area contributed by atoms with E-state index < -0.39 is 11.7 Å². The van der Waals surface area contributed by atoms with Crippen molar-refractivity contribution in [1.82, 2.24) is 0 Å². The average molecular weight is 270 g/mol. The van der Waals surface area contributed by atoms with Crippen LogP contribution in [0.4, 0.5) is 0 Å². The second-order valence-electron chi connectivity index (χ2n) is 6.25. The Morgan fingerprint density at radius 2 is 1.74 bits per heavy atom. The first-order chi connectivity index (χ1) is 8.65. The van der Waals surface area contributed by atoms with Gasteiger partial charge in [0, 0.05) is 13.8 Å². The molecule has 19 heavy (non-hydrogen) atoms. The maximum atomic E-state index is 11.4. The average Bonchev–Trinajstić information content (AvgIpc) is 2.48. The highest BCUT2D eigenvalue weighted by atomic mass is 16.6. The molecule has 0 aromatic rings. The Morgan fingerprint density at radius 3 is 2.26 bits per heavy atom. The molecule has 1 saturated heterocycles. The SMILES string of the molecule is CC(=O)OC1CC2CC(OC2(C)C)[C@]1(C)OC(C)=O.